The predicted molar refractivity (Wildman–Crippen MR) is 141 cm³/mol. The lowest BCUT2D eigenvalue weighted by Crippen LogP contribution is -2.49. The number of piperazine rings is 1. The van der Waals surface area contributed by atoms with Gasteiger partial charge in [-0.25, -0.2) is 0 Å². The summed E-state index contributed by atoms with van der Waals surface area (Å²) in [5, 5.41) is 19.2. The van der Waals surface area contributed by atoms with Crippen molar-refractivity contribution in [2.45, 2.75) is 19.6 Å². The van der Waals surface area contributed by atoms with E-state index in [1.165, 1.54) is 16.8 Å². The summed E-state index contributed by atoms with van der Waals surface area (Å²) in [5.41, 5.74) is 5.08. The molecular weight excluding hydrogens is 551 g/mol. The van der Waals surface area contributed by atoms with E-state index >= 15 is 0 Å². The van der Waals surface area contributed by atoms with Gasteiger partial charge in [-0.15, -0.1) is 0 Å². The van der Waals surface area contributed by atoms with Crippen molar-refractivity contribution in [2.24, 2.45) is 0 Å². The van der Waals surface area contributed by atoms with Crippen LogP contribution in [-0.2, 0) is 20.9 Å². The van der Waals surface area contributed by atoms with Crippen LogP contribution in [0, 0.1) is 11.3 Å². The number of amides is 3. The lowest BCUT2D eigenvalue weighted by Gasteiger charge is -2.25. The molecule has 0 radical (unpaired) electrons. The Morgan fingerprint density at radius 3 is 2.67 bits per heavy atom. The van der Waals surface area contributed by atoms with Gasteiger partial charge in [-0.05, 0) is 25.1 Å². The number of rotatable bonds is 8. The summed E-state index contributed by atoms with van der Waals surface area (Å²) in [4.78, 5) is 50.2. The Labute approximate surface area is 229 Å². The Hall–Kier alpha value is -4.60. The smallest absolute Gasteiger partial charge is 0.355 e. The summed E-state index contributed by atoms with van der Waals surface area (Å²) < 4.78 is 38.5. The molecule has 3 amide bonds. The van der Waals surface area contributed by atoms with Crippen LogP contribution >= 0.6 is 11.3 Å². The van der Waals surface area contributed by atoms with Crippen molar-refractivity contribution in [1.29, 1.82) is 5.26 Å². The minimum absolute atomic E-state index is 0.0616. The van der Waals surface area contributed by atoms with E-state index in [4.69, 9.17) is 0 Å². The number of carbonyl (C=O) groups excluding carboxylic acids is 3. The van der Waals surface area contributed by atoms with E-state index in [0.717, 1.165) is 11.3 Å². The third-order valence-corrected chi connectivity index (χ3v) is 6.31. The Morgan fingerprint density at radius 1 is 1.25 bits per heavy atom. The van der Waals surface area contributed by atoms with Crippen LogP contribution in [0.5, 0.6) is 0 Å². The Morgan fingerprint density at radius 2 is 2.00 bits per heavy atom. The molecule has 0 bridgehead atoms. The van der Waals surface area contributed by atoms with E-state index in [1.54, 1.807) is 41.4 Å². The zero-order chi connectivity index (χ0) is 29.3. The van der Waals surface area contributed by atoms with E-state index in [-0.39, 0.29) is 40.6 Å². The number of benzene rings is 1. The van der Waals surface area contributed by atoms with Crippen molar-refractivity contribution >= 4 is 51.9 Å². The van der Waals surface area contributed by atoms with Gasteiger partial charge in [0.05, 0.1) is 13.1 Å². The molecule has 210 valence electrons. The number of anilines is 2. The lowest BCUT2D eigenvalue weighted by atomic mass is 10.2. The monoisotopic (exact) mass is 575 g/mol. The van der Waals surface area contributed by atoms with Gasteiger partial charge in [0.25, 0.3) is 11.5 Å². The maximum absolute atomic E-state index is 12.7. The molecule has 0 saturated carbocycles. The van der Waals surface area contributed by atoms with Crippen LogP contribution in [0.4, 0.5) is 24.5 Å². The van der Waals surface area contributed by atoms with Crippen LogP contribution in [0.25, 0.3) is 11.5 Å². The van der Waals surface area contributed by atoms with Crippen molar-refractivity contribution < 1.29 is 27.6 Å². The Balaban J connectivity index is 1.79. The van der Waals surface area contributed by atoms with Gasteiger partial charge >= 0.3 is 6.18 Å². The minimum Gasteiger partial charge on any atom is -0.355 e. The third-order valence-electron chi connectivity index (χ3n) is 5.29. The van der Waals surface area contributed by atoms with Gasteiger partial charge in [-0.1, -0.05) is 28.9 Å². The topological polar surface area (TPSA) is 148 Å². The van der Waals surface area contributed by atoms with Crippen LogP contribution in [0.15, 0.2) is 40.8 Å². The number of hydrogen-bond acceptors (Lipinski definition) is 8. The standard InChI is InChI=1S/C25H24F3N7O4S/c1-2-35-22(10-16(12-29)23(38)32-15-25(26,27)28)40-19(24(35)39)6-7-30-17-4-3-5-18(11-17)33-21(37)14-34-9-8-31-20(36)13-34/h3-5,7,11,30H,2,8-9,13-15H2,1H3,(H,31,36)(H,32,38)(H,33,37). The maximum Gasteiger partial charge on any atom is 0.405 e. The number of nitrogens with zero attached hydrogens (tertiary/aromatic N) is 3. The fourth-order valence-corrected chi connectivity index (χ4v) is 4.48. The summed E-state index contributed by atoms with van der Waals surface area (Å²) in [6.45, 7) is 1.44. The molecule has 0 atom stereocenters. The number of aromatic nitrogens is 1. The molecule has 11 nitrogen and oxygen atoms in total. The van der Waals surface area contributed by atoms with E-state index < -0.39 is 29.8 Å². The van der Waals surface area contributed by atoms with Crippen LogP contribution in [-0.4, -0.2) is 66.1 Å². The van der Waals surface area contributed by atoms with E-state index in [9.17, 15) is 37.6 Å². The molecule has 1 aliphatic heterocycles. The number of hydrogen-bond donors (Lipinski definition) is 4. The Kier molecular flexibility index (Phi) is 10.1. The second-order valence-electron chi connectivity index (χ2n) is 8.32. The van der Waals surface area contributed by atoms with Gasteiger partial charge in [-0.3, -0.25) is 28.6 Å². The van der Waals surface area contributed by atoms with Gasteiger partial charge in [0.15, 0.2) is 5.57 Å². The molecular formula is C25H24F3N7O4S. The van der Waals surface area contributed by atoms with Gasteiger partial charge in [0, 0.05) is 37.2 Å². The van der Waals surface area contributed by atoms with Gasteiger partial charge in [0.2, 0.25) is 11.8 Å². The molecule has 1 saturated heterocycles. The summed E-state index contributed by atoms with van der Waals surface area (Å²) in [6, 6.07) is 8.24. The molecule has 40 heavy (non-hydrogen) atoms. The molecule has 15 heteroatoms. The molecule has 1 aliphatic rings. The van der Waals surface area contributed by atoms with Crippen molar-refractivity contribution in [3.63, 3.8) is 0 Å². The average molecular weight is 576 g/mol. The Bertz CT molecular complexity index is 1590. The molecule has 1 aromatic carbocycles. The van der Waals surface area contributed by atoms with Crippen LogP contribution in [0.1, 0.15) is 6.92 Å². The molecule has 0 unspecified atom stereocenters. The third kappa shape index (κ3) is 8.72. The highest BCUT2D eigenvalue weighted by Crippen LogP contribution is 2.15. The van der Waals surface area contributed by atoms with Gasteiger partial charge in [0.1, 0.15) is 21.8 Å². The summed E-state index contributed by atoms with van der Waals surface area (Å²) in [5.74, 6) is -1.68. The molecule has 0 aliphatic carbocycles. The second-order valence-corrected chi connectivity index (χ2v) is 9.32. The largest absolute Gasteiger partial charge is 0.405 e. The normalized spacial score (nSPS) is 13.2. The minimum atomic E-state index is -4.65. The highest BCUT2D eigenvalue weighted by Gasteiger charge is 2.28. The number of carbonyl (C=O) groups is 3. The van der Waals surface area contributed by atoms with Crippen LogP contribution in [0.2, 0.25) is 0 Å². The molecule has 0 spiro atoms. The van der Waals surface area contributed by atoms with Crippen molar-refractivity contribution in [2.75, 3.05) is 43.4 Å². The number of halogens is 3. The number of nitriles is 1. The summed E-state index contributed by atoms with van der Waals surface area (Å²) >= 11 is 0.852. The average Bonchev–Trinajstić information content (AvgIpc) is 3.19. The number of nitrogens with one attached hydrogen (secondary N) is 4. The second kappa shape index (κ2) is 13.5. The highest BCUT2D eigenvalue weighted by molar-refractivity contribution is 7.07. The molecule has 1 fully saturated rings. The van der Waals surface area contributed by atoms with E-state index in [2.05, 4.69) is 27.4 Å². The highest BCUT2D eigenvalue weighted by atomic mass is 32.1. The van der Waals surface area contributed by atoms with E-state index in [1.807, 2.05) is 0 Å². The first-order valence-electron chi connectivity index (χ1n) is 11.9. The molecule has 2 heterocycles. The quantitative estimate of drug-likeness (QED) is 0.252. The molecule has 4 N–H and O–H groups in total. The summed E-state index contributed by atoms with van der Waals surface area (Å²) in [7, 11) is 0. The zero-order valence-electron chi connectivity index (χ0n) is 21.1. The maximum atomic E-state index is 12.7. The first-order chi connectivity index (χ1) is 19.0. The van der Waals surface area contributed by atoms with Crippen LogP contribution in [0.3, 0.4) is 0 Å². The van der Waals surface area contributed by atoms with Gasteiger partial charge in [-0.2, -0.15) is 18.4 Å². The van der Waals surface area contributed by atoms with Crippen molar-refractivity contribution in [3.8, 4) is 6.07 Å². The molecule has 3 rings (SSSR count). The van der Waals surface area contributed by atoms with Crippen LogP contribution < -0.4 is 36.0 Å². The fourth-order valence-electron chi connectivity index (χ4n) is 3.49. The zero-order valence-corrected chi connectivity index (χ0v) is 22.0. The lowest BCUT2D eigenvalue weighted by molar-refractivity contribution is -0.136. The van der Waals surface area contributed by atoms with Gasteiger partial charge < -0.3 is 21.3 Å². The number of alkyl halides is 3. The fraction of sp³-hybridized carbons (Fsp3) is 0.320. The first-order valence-corrected chi connectivity index (χ1v) is 12.7. The van der Waals surface area contributed by atoms with E-state index in [0.29, 0.717) is 24.5 Å². The van der Waals surface area contributed by atoms with Crippen molar-refractivity contribution in [3.05, 3.63) is 55.6 Å². The first kappa shape index (κ1) is 29.9. The SMILES string of the molecule is CCn1c(=C=C(C#N)C(=O)NCC(F)(F)F)sc(=C=CNc2cccc(NC(=O)CN3CCNC(=O)C3)c2)c1=O. The predicted octanol–water partition coefficient (Wildman–Crippen LogP) is -0.187. The molecule has 2 aromatic rings. The molecule has 1 aromatic heterocycles. The number of thiazole rings is 1. The summed E-state index contributed by atoms with van der Waals surface area (Å²) in [6.07, 6.45) is -3.29. The van der Waals surface area contributed by atoms with Crippen molar-refractivity contribution in [1.82, 2.24) is 20.1 Å².